The van der Waals surface area contributed by atoms with Gasteiger partial charge in [0.25, 0.3) is 0 Å². The first-order valence-electron chi connectivity index (χ1n) is 14.1. The van der Waals surface area contributed by atoms with Crippen molar-refractivity contribution >= 4 is 11.8 Å². The number of rotatable bonds is 23. The summed E-state index contributed by atoms with van der Waals surface area (Å²) < 4.78 is 0.175. The van der Waals surface area contributed by atoms with E-state index < -0.39 is 5.97 Å². The highest BCUT2D eigenvalue weighted by Gasteiger charge is 2.40. The minimum absolute atomic E-state index is 0.0217. The molecule has 0 aromatic rings. The molecule has 1 rings (SSSR count). The van der Waals surface area contributed by atoms with E-state index in [4.69, 9.17) is 5.73 Å². The van der Waals surface area contributed by atoms with Gasteiger partial charge in [0.2, 0.25) is 5.84 Å². The maximum Gasteiger partial charge on any atom is 0.360 e. The highest BCUT2D eigenvalue weighted by molar-refractivity contribution is 5.81. The maximum atomic E-state index is 11.3. The Hall–Kier alpha value is -1.20. The number of unbranched alkanes of at least 4 members (excludes halogenated alkanes) is 18. The molecule has 0 aliphatic carbocycles. The molecule has 3 N–H and O–H groups in total. The Morgan fingerprint density at radius 1 is 0.818 bits per heavy atom. The third kappa shape index (κ3) is 13.3. The molecule has 0 aromatic heterocycles. The molecule has 0 radical (unpaired) electrons. The number of carboxylic acids is 1. The lowest BCUT2D eigenvalue weighted by Gasteiger charge is -2.34. The third-order valence-electron chi connectivity index (χ3n) is 7.16. The van der Waals surface area contributed by atoms with Crippen LogP contribution in [0.5, 0.6) is 0 Å². The second-order valence-corrected chi connectivity index (χ2v) is 10.2. The number of aliphatic imine (C=N–C) groups is 1. The zero-order valence-corrected chi connectivity index (χ0v) is 21.9. The van der Waals surface area contributed by atoms with Crippen molar-refractivity contribution in [3.05, 3.63) is 12.4 Å². The van der Waals surface area contributed by atoms with Crippen molar-refractivity contribution in [3.8, 4) is 0 Å². The summed E-state index contributed by atoms with van der Waals surface area (Å²) in [4.78, 5) is 15.7. The standard InChI is InChI=1S/C28H53N3O2/c1-3-4-5-6-7-8-9-10-11-12-13-14-15-16-17-18-19-20-21-22-27-30-23-24-31(27,26(2)29)25-28(32)33/h23-24,26H,3-22,25,29H2,1-2H3/p+1. The van der Waals surface area contributed by atoms with E-state index in [1.807, 2.05) is 13.1 Å². The van der Waals surface area contributed by atoms with Crippen LogP contribution in [-0.2, 0) is 4.79 Å². The summed E-state index contributed by atoms with van der Waals surface area (Å²) in [5, 5.41) is 9.28. The summed E-state index contributed by atoms with van der Waals surface area (Å²) in [7, 11) is 0. The lowest BCUT2D eigenvalue weighted by atomic mass is 10.0. The molecule has 1 heterocycles. The predicted octanol–water partition coefficient (Wildman–Crippen LogP) is 7.90. The Morgan fingerprint density at radius 3 is 1.58 bits per heavy atom. The van der Waals surface area contributed by atoms with Crippen LogP contribution in [0.2, 0.25) is 0 Å². The second-order valence-electron chi connectivity index (χ2n) is 10.2. The number of quaternary nitrogens is 1. The summed E-state index contributed by atoms with van der Waals surface area (Å²) in [5.74, 6) is 0.0686. The smallest absolute Gasteiger partial charge is 0.360 e. The molecule has 0 fully saturated rings. The zero-order chi connectivity index (χ0) is 24.2. The molecule has 33 heavy (non-hydrogen) atoms. The molecular weight excluding hydrogens is 410 g/mol. The number of nitrogens with zero attached hydrogens (tertiary/aromatic N) is 2. The Morgan fingerprint density at radius 2 is 1.21 bits per heavy atom. The van der Waals surface area contributed by atoms with Crippen LogP contribution in [-0.4, -0.2) is 34.1 Å². The SMILES string of the molecule is CCCCCCCCCCCCCCCCCCCCCC1=NC=C[N+]1(CC(=O)O)C(C)N. The molecule has 1 aliphatic rings. The van der Waals surface area contributed by atoms with Gasteiger partial charge in [-0.15, -0.1) is 0 Å². The average Bonchev–Trinajstić information content (AvgIpc) is 3.18. The molecule has 0 saturated carbocycles. The van der Waals surface area contributed by atoms with Gasteiger partial charge in [0.05, 0.1) is 6.20 Å². The Kier molecular flexibility index (Phi) is 17.3. The van der Waals surface area contributed by atoms with E-state index in [-0.39, 0.29) is 17.2 Å². The number of hydrogen-bond acceptors (Lipinski definition) is 3. The minimum atomic E-state index is -0.834. The monoisotopic (exact) mass is 464 g/mol. The average molecular weight is 465 g/mol. The Balaban J connectivity index is 1.90. The number of nitrogens with two attached hydrogens (primary N) is 1. The van der Waals surface area contributed by atoms with E-state index in [2.05, 4.69) is 11.9 Å². The van der Waals surface area contributed by atoms with E-state index in [1.54, 1.807) is 6.20 Å². The first-order chi connectivity index (χ1) is 16.0. The van der Waals surface area contributed by atoms with Gasteiger partial charge in [-0.05, 0) is 6.42 Å². The van der Waals surface area contributed by atoms with Crippen LogP contribution in [0.4, 0.5) is 0 Å². The molecule has 0 saturated heterocycles. The van der Waals surface area contributed by atoms with Crippen LogP contribution in [0.1, 0.15) is 142 Å². The van der Waals surface area contributed by atoms with Crippen LogP contribution in [0.15, 0.2) is 17.4 Å². The number of hydrogen-bond donors (Lipinski definition) is 2. The molecule has 0 amide bonds. The Bertz CT molecular complexity index is 559. The number of carbonyl (C=O) groups is 1. The molecule has 2 unspecified atom stereocenters. The highest BCUT2D eigenvalue weighted by atomic mass is 16.4. The zero-order valence-electron chi connectivity index (χ0n) is 21.9. The maximum absolute atomic E-state index is 11.3. The lowest BCUT2D eigenvalue weighted by Crippen LogP contribution is -2.59. The quantitative estimate of drug-likeness (QED) is 0.119. The third-order valence-corrected chi connectivity index (χ3v) is 7.16. The van der Waals surface area contributed by atoms with Crippen LogP contribution in [0, 0.1) is 0 Å². The second kappa shape index (κ2) is 19.1. The number of carboxylic acid groups (broad SMARTS) is 1. The molecule has 0 bridgehead atoms. The molecule has 5 heteroatoms. The highest BCUT2D eigenvalue weighted by Crippen LogP contribution is 2.23. The van der Waals surface area contributed by atoms with Crippen molar-refractivity contribution in [1.82, 2.24) is 0 Å². The fourth-order valence-electron chi connectivity index (χ4n) is 4.95. The first-order valence-corrected chi connectivity index (χ1v) is 14.1. The van der Waals surface area contributed by atoms with E-state index in [1.165, 1.54) is 116 Å². The summed E-state index contributed by atoms with van der Waals surface area (Å²) >= 11 is 0. The van der Waals surface area contributed by atoms with Crippen molar-refractivity contribution in [2.24, 2.45) is 10.7 Å². The molecule has 0 spiro atoms. The summed E-state index contributed by atoms with van der Waals surface area (Å²) in [5.41, 5.74) is 6.12. The van der Waals surface area contributed by atoms with Gasteiger partial charge >= 0.3 is 5.97 Å². The van der Waals surface area contributed by atoms with E-state index in [0.29, 0.717) is 0 Å². The normalized spacial score (nSPS) is 18.6. The molecule has 0 aromatic carbocycles. The summed E-state index contributed by atoms with van der Waals surface area (Å²) in [6.07, 6.45) is 30.1. The van der Waals surface area contributed by atoms with Crippen LogP contribution in [0.3, 0.4) is 0 Å². The van der Waals surface area contributed by atoms with Crippen LogP contribution in [0.25, 0.3) is 0 Å². The van der Waals surface area contributed by atoms with Crippen LogP contribution >= 0.6 is 0 Å². The first kappa shape index (κ1) is 29.8. The van der Waals surface area contributed by atoms with Crippen molar-refractivity contribution in [2.45, 2.75) is 148 Å². The fraction of sp³-hybridized carbons (Fsp3) is 0.857. The van der Waals surface area contributed by atoms with Gasteiger partial charge in [-0.3, -0.25) is 5.73 Å². The van der Waals surface area contributed by atoms with Gasteiger partial charge in [-0.25, -0.2) is 14.3 Å². The largest absolute Gasteiger partial charge is 0.477 e. The van der Waals surface area contributed by atoms with E-state index >= 15 is 0 Å². The lowest BCUT2D eigenvalue weighted by molar-refractivity contribution is -0.805. The van der Waals surface area contributed by atoms with Crippen molar-refractivity contribution in [1.29, 1.82) is 0 Å². The van der Waals surface area contributed by atoms with Gasteiger partial charge in [0.15, 0.2) is 6.54 Å². The van der Waals surface area contributed by atoms with Crippen LogP contribution < -0.4 is 5.73 Å². The van der Waals surface area contributed by atoms with E-state index in [0.717, 1.165) is 18.7 Å². The van der Waals surface area contributed by atoms with Gasteiger partial charge in [0, 0.05) is 13.3 Å². The molecule has 1 aliphatic heterocycles. The Labute approximate surface area is 204 Å². The van der Waals surface area contributed by atoms with Gasteiger partial charge in [-0.2, -0.15) is 0 Å². The minimum Gasteiger partial charge on any atom is -0.477 e. The van der Waals surface area contributed by atoms with Crippen molar-refractivity contribution in [2.75, 3.05) is 6.54 Å². The van der Waals surface area contributed by atoms with Gasteiger partial charge in [0.1, 0.15) is 12.4 Å². The molecule has 5 nitrogen and oxygen atoms in total. The summed E-state index contributed by atoms with van der Waals surface area (Å²) in [6.45, 7) is 4.13. The van der Waals surface area contributed by atoms with Crippen molar-refractivity contribution in [3.63, 3.8) is 0 Å². The van der Waals surface area contributed by atoms with Crippen molar-refractivity contribution < 1.29 is 14.4 Å². The molecular formula is C28H54N3O2+. The summed E-state index contributed by atoms with van der Waals surface area (Å²) in [6, 6.07) is 0. The van der Waals surface area contributed by atoms with Gasteiger partial charge in [-0.1, -0.05) is 122 Å². The topological polar surface area (TPSA) is 75.7 Å². The number of amidine groups is 1. The molecule has 192 valence electrons. The fourth-order valence-corrected chi connectivity index (χ4v) is 4.95. The molecule has 2 atom stereocenters. The number of aliphatic carboxylic acids is 1. The van der Waals surface area contributed by atoms with E-state index in [9.17, 15) is 9.90 Å². The van der Waals surface area contributed by atoms with Gasteiger partial charge < -0.3 is 5.11 Å². The predicted molar refractivity (Wildman–Crippen MR) is 141 cm³/mol.